The normalized spacial score (nSPS) is 13.8. The predicted octanol–water partition coefficient (Wildman–Crippen LogP) is 4.53. The molecule has 1 aromatic heterocycles. The highest BCUT2D eigenvalue weighted by Crippen LogP contribution is 2.25. The molecule has 8 heteroatoms. The van der Waals surface area contributed by atoms with Crippen molar-refractivity contribution in [2.45, 2.75) is 13.3 Å². The molecule has 1 fully saturated rings. The van der Waals surface area contributed by atoms with E-state index in [1.54, 1.807) is 10.3 Å². The lowest BCUT2D eigenvalue weighted by Gasteiger charge is -2.36. The van der Waals surface area contributed by atoms with E-state index in [1.807, 2.05) is 36.4 Å². The summed E-state index contributed by atoms with van der Waals surface area (Å²) >= 11 is 7.45. The second-order valence-corrected chi connectivity index (χ2v) is 8.81. The molecule has 1 aliphatic heterocycles. The fraction of sp³-hybridized carbons (Fsp3) is 0.292. The van der Waals surface area contributed by atoms with Crippen molar-refractivity contribution in [2.24, 2.45) is 0 Å². The SMILES string of the molecule is CCc1ccc(-c2nc(C(=O)OCC(=O)N3CCN(c4cccc(Cl)c4)CC3)cs2)cc1. The minimum atomic E-state index is -0.580. The average molecular weight is 470 g/mol. The second kappa shape index (κ2) is 10.1. The molecule has 166 valence electrons. The van der Waals surface area contributed by atoms with E-state index in [0.29, 0.717) is 31.2 Å². The third-order valence-electron chi connectivity index (χ3n) is 5.45. The third-order valence-corrected chi connectivity index (χ3v) is 6.58. The number of ether oxygens (including phenoxy) is 1. The van der Waals surface area contributed by atoms with Crippen LogP contribution >= 0.6 is 22.9 Å². The molecule has 0 radical (unpaired) electrons. The Morgan fingerprint density at radius 1 is 1.09 bits per heavy atom. The van der Waals surface area contributed by atoms with Crippen LogP contribution in [0.4, 0.5) is 5.69 Å². The van der Waals surface area contributed by atoms with Gasteiger partial charge >= 0.3 is 5.97 Å². The first-order chi connectivity index (χ1) is 15.5. The van der Waals surface area contributed by atoms with Gasteiger partial charge in [0.1, 0.15) is 5.01 Å². The molecule has 6 nitrogen and oxygen atoms in total. The maximum absolute atomic E-state index is 12.5. The molecule has 0 unspecified atom stereocenters. The quantitative estimate of drug-likeness (QED) is 0.496. The summed E-state index contributed by atoms with van der Waals surface area (Å²) in [6.07, 6.45) is 0.972. The number of aryl methyl sites for hydroxylation is 1. The number of piperazine rings is 1. The van der Waals surface area contributed by atoms with E-state index in [9.17, 15) is 9.59 Å². The molecule has 0 spiro atoms. The molecule has 2 heterocycles. The maximum Gasteiger partial charge on any atom is 0.358 e. The van der Waals surface area contributed by atoms with E-state index in [2.05, 4.69) is 28.9 Å². The van der Waals surface area contributed by atoms with E-state index in [0.717, 1.165) is 22.7 Å². The zero-order valence-electron chi connectivity index (χ0n) is 17.8. The average Bonchev–Trinajstić information content (AvgIpc) is 3.33. The number of hydrogen-bond acceptors (Lipinski definition) is 6. The smallest absolute Gasteiger partial charge is 0.358 e. The van der Waals surface area contributed by atoms with Crippen LogP contribution in [0.5, 0.6) is 0 Å². The number of halogens is 1. The first kappa shape index (κ1) is 22.3. The first-order valence-corrected chi connectivity index (χ1v) is 11.8. The van der Waals surface area contributed by atoms with Gasteiger partial charge in [-0.15, -0.1) is 11.3 Å². The first-order valence-electron chi connectivity index (χ1n) is 10.5. The Kier molecular flexibility index (Phi) is 7.07. The summed E-state index contributed by atoms with van der Waals surface area (Å²) < 4.78 is 5.24. The number of amides is 1. The van der Waals surface area contributed by atoms with Gasteiger partial charge in [0.2, 0.25) is 0 Å². The Labute approximate surface area is 196 Å². The standard InChI is InChI=1S/C24H24ClN3O3S/c1-2-17-6-8-18(9-7-17)23-26-21(16-32-23)24(30)31-15-22(29)28-12-10-27(11-13-28)20-5-3-4-19(25)14-20/h3-9,14,16H,2,10-13,15H2,1H3. The van der Waals surface area contributed by atoms with Gasteiger partial charge in [0.15, 0.2) is 12.3 Å². The van der Waals surface area contributed by atoms with Crippen molar-refractivity contribution >= 4 is 40.5 Å². The lowest BCUT2D eigenvalue weighted by molar-refractivity contribution is -0.134. The molecule has 0 N–H and O–H groups in total. The summed E-state index contributed by atoms with van der Waals surface area (Å²) in [6, 6.07) is 15.8. The molecule has 0 bridgehead atoms. The Hall–Kier alpha value is -2.90. The minimum absolute atomic E-state index is 0.199. The molecule has 1 aliphatic rings. The summed E-state index contributed by atoms with van der Waals surface area (Å²) in [7, 11) is 0. The summed E-state index contributed by atoms with van der Waals surface area (Å²) in [5.41, 5.74) is 3.47. The van der Waals surface area contributed by atoms with Gasteiger partial charge in [-0.05, 0) is 30.2 Å². The topological polar surface area (TPSA) is 62.7 Å². The van der Waals surface area contributed by atoms with Crippen LogP contribution in [0, 0.1) is 0 Å². The van der Waals surface area contributed by atoms with Crippen LogP contribution < -0.4 is 4.90 Å². The van der Waals surface area contributed by atoms with Crippen molar-refractivity contribution in [3.63, 3.8) is 0 Å². The van der Waals surface area contributed by atoms with Crippen LogP contribution in [-0.4, -0.2) is 54.5 Å². The predicted molar refractivity (Wildman–Crippen MR) is 127 cm³/mol. The molecular weight excluding hydrogens is 446 g/mol. The van der Waals surface area contributed by atoms with Crippen molar-refractivity contribution in [3.8, 4) is 10.6 Å². The Bertz CT molecular complexity index is 1090. The molecule has 0 atom stereocenters. The maximum atomic E-state index is 12.5. The monoisotopic (exact) mass is 469 g/mol. The van der Waals surface area contributed by atoms with Gasteiger partial charge < -0.3 is 14.5 Å². The number of carbonyl (C=O) groups excluding carboxylic acids is 2. The van der Waals surface area contributed by atoms with Gasteiger partial charge in [-0.2, -0.15) is 0 Å². The summed E-state index contributed by atoms with van der Waals surface area (Å²) in [4.78, 5) is 33.2. The Morgan fingerprint density at radius 3 is 2.53 bits per heavy atom. The minimum Gasteiger partial charge on any atom is -0.451 e. The van der Waals surface area contributed by atoms with Gasteiger partial charge in [0.25, 0.3) is 5.91 Å². The molecule has 2 aromatic carbocycles. The largest absolute Gasteiger partial charge is 0.451 e. The van der Waals surface area contributed by atoms with Gasteiger partial charge in [-0.3, -0.25) is 4.79 Å². The number of carbonyl (C=O) groups is 2. The highest BCUT2D eigenvalue weighted by Gasteiger charge is 2.23. The van der Waals surface area contributed by atoms with E-state index in [1.165, 1.54) is 16.9 Å². The Morgan fingerprint density at radius 2 is 1.84 bits per heavy atom. The van der Waals surface area contributed by atoms with Crippen LogP contribution in [0.2, 0.25) is 5.02 Å². The molecule has 32 heavy (non-hydrogen) atoms. The number of thiazole rings is 1. The third kappa shape index (κ3) is 5.29. The van der Waals surface area contributed by atoms with Crippen LogP contribution in [0.15, 0.2) is 53.9 Å². The number of nitrogens with zero attached hydrogens (tertiary/aromatic N) is 3. The van der Waals surface area contributed by atoms with Crippen molar-refractivity contribution in [1.82, 2.24) is 9.88 Å². The summed E-state index contributed by atoms with van der Waals surface area (Å²) in [6.45, 7) is 4.36. The van der Waals surface area contributed by atoms with E-state index >= 15 is 0 Å². The number of anilines is 1. The molecule has 1 saturated heterocycles. The van der Waals surface area contributed by atoms with Crippen molar-refractivity contribution in [1.29, 1.82) is 0 Å². The lowest BCUT2D eigenvalue weighted by atomic mass is 10.1. The van der Waals surface area contributed by atoms with E-state index in [-0.39, 0.29) is 18.2 Å². The molecule has 0 saturated carbocycles. The van der Waals surface area contributed by atoms with Crippen LogP contribution in [-0.2, 0) is 16.0 Å². The van der Waals surface area contributed by atoms with Gasteiger partial charge in [0.05, 0.1) is 0 Å². The lowest BCUT2D eigenvalue weighted by Crippen LogP contribution is -2.49. The number of hydrogen-bond donors (Lipinski definition) is 0. The highest BCUT2D eigenvalue weighted by atomic mass is 35.5. The fourth-order valence-corrected chi connectivity index (χ4v) is 4.54. The number of esters is 1. The van der Waals surface area contributed by atoms with Crippen molar-refractivity contribution < 1.29 is 14.3 Å². The molecule has 1 amide bonds. The van der Waals surface area contributed by atoms with Gasteiger partial charge in [0, 0.05) is 47.8 Å². The highest BCUT2D eigenvalue weighted by molar-refractivity contribution is 7.13. The zero-order valence-corrected chi connectivity index (χ0v) is 19.4. The number of aromatic nitrogens is 1. The van der Waals surface area contributed by atoms with Crippen LogP contribution in [0.1, 0.15) is 23.0 Å². The molecule has 0 aliphatic carbocycles. The number of benzene rings is 2. The molecule has 3 aromatic rings. The molecular formula is C24H24ClN3O3S. The van der Waals surface area contributed by atoms with Crippen molar-refractivity contribution in [2.75, 3.05) is 37.7 Å². The second-order valence-electron chi connectivity index (χ2n) is 7.51. The van der Waals surface area contributed by atoms with Crippen LogP contribution in [0.25, 0.3) is 10.6 Å². The van der Waals surface area contributed by atoms with E-state index < -0.39 is 5.97 Å². The Balaban J connectivity index is 1.27. The fourth-order valence-electron chi connectivity index (χ4n) is 3.56. The molecule has 4 rings (SSSR count). The zero-order chi connectivity index (χ0) is 22.5. The summed E-state index contributed by atoms with van der Waals surface area (Å²) in [5.74, 6) is -0.779. The van der Waals surface area contributed by atoms with Crippen LogP contribution in [0.3, 0.4) is 0 Å². The van der Waals surface area contributed by atoms with Gasteiger partial charge in [-0.1, -0.05) is 48.9 Å². The summed E-state index contributed by atoms with van der Waals surface area (Å²) in [5, 5.41) is 3.11. The van der Waals surface area contributed by atoms with E-state index in [4.69, 9.17) is 16.3 Å². The van der Waals surface area contributed by atoms with Gasteiger partial charge in [-0.25, -0.2) is 9.78 Å². The number of rotatable bonds is 6. The van der Waals surface area contributed by atoms with Crippen molar-refractivity contribution in [3.05, 3.63) is 70.2 Å².